The van der Waals surface area contributed by atoms with Crippen molar-refractivity contribution in [1.82, 2.24) is 14.2 Å². The second-order valence-corrected chi connectivity index (χ2v) is 18.1. The third kappa shape index (κ3) is 6.42. The Morgan fingerprint density at radius 2 is 1.80 bits per heavy atom. The summed E-state index contributed by atoms with van der Waals surface area (Å²) in [5.74, 6) is -0.514. The Bertz CT molecular complexity index is 1500. The Morgan fingerprint density at radius 3 is 2.40 bits per heavy atom. The molecular weight excluding hydrogens is 614 g/mol. The number of rotatable bonds is 10. The van der Waals surface area contributed by atoms with Gasteiger partial charge in [-0.15, -0.1) is 0 Å². The van der Waals surface area contributed by atoms with E-state index in [2.05, 4.69) is 70.0 Å². The fourth-order valence-corrected chi connectivity index (χ4v) is 12.5. The van der Waals surface area contributed by atoms with Crippen molar-refractivity contribution < 1.29 is 28.1 Å². The van der Waals surface area contributed by atoms with Gasteiger partial charge in [-0.05, 0) is 25.0 Å². The number of hydrogen-bond acceptors (Lipinski definition) is 8. The molecule has 1 aromatic heterocycles. The van der Waals surface area contributed by atoms with E-state index in [1.165, 1.54) is 22.6 Å². The number of ether oxygens (including phenoxy) is 1. The lowest BCUT2D eigenvalue weighted by atomic mass is 10.1. The van der Waals surface area contributed by atoms with Crippen LogP contribution in [0.3, 0.4) is 0 Å². The summed E-state index contributed by atoms with van der Waals surface area (Å²) < 4.78 is 38.3. The summed E-state index contributed by atoms with van der Waals surface area (Å²) in [5.41, 5.74) is -0.782. The number of anilines is 1. The molecular formula is C32H40FN4O6PSi. The summed E-state index contributed by atoms with van der Waals surface area (Å²) in [5, 5.41) is 15.4. The number of aromatic nitrogens is 2. The zero-order valence-corrected chi connectivity index (χ0v) is 27.6. The van der Waals surface area contributed by atoms with Crippen LogP contribution in [-0.2, 0) is 18.6 Å². The summed E-state index contributed by atoms with van der Waals surface area (Å²) in [4.78, 5) is 28.8. The Morgan fingerprint density at radius 1 is 1.13 bits per heavy atom. The molecule has 0 radical (unpaired) electrons. The number of nitrogens with one attached hydrogen (secondary N) is 1. The van der Waals surface area contributed by atoms with Gasteiger partial charge in [-0.1, -0.05) is 91.4 Å². The van der Waals surface area contributed by atoms with E-state index in [1.807, 2.05) is 12.1 Å². The third-order valence-electron chi connectivity index (χ3n) is 9.10. The molecule has 2 aromatic carbocycles. The number of nitrogens with zero attached hydrogens (tertiary/aromatic N) is 3. The minimum absolute atomic E-state index is 0.0744. The Balaban J connectivity index is 1.20. The molecule has 0 bridgehead atoms. The predicted octanol–water partition coefficient (Wildman–Crippen LogP) is 3.43. The van der Waals surface area contributed by atoms with Crippen molar-refractivity contribution in [2.45, 2.75) is 76.0 Å². The first-order valence-corrected chi connectivity index (χ1v) is 19.3. The van der Waals surface area contributed by atoms with Crippen LogP contribution in [0.4, 0.5) is 10.2 Å². The fraction of sp³-hybridized carbons (Fsp3) is 0.469. The van der Waals surface area contributed by atoms with E-state index >= 15 is 4.39 Å². The van der Waals surface area contributed by atoms with Gasteiger partial charge in [-0.3, -0.25) is 9.36 Å². The molecule has 1 amide bonds. The smallest absolute Gasteiger partial charge is 0.351 e. The molecule has 6 rings (SSSR count). The zero-order valence-electron chi connectivity index (χ0n) is 25.7. The number of amides is 1. The lowest BCUT2D eigenvalue weighted by molar-refractivity contribution is -0.118. The predicted molar refractivity (Wildman–Crippen MR) is 173 cm³/mol. The molecule has 13 heteroatoms. The molecule has 0 spiro atoms. The number of hydrogen-bond donors (Lipinski definition) is 2. The molecule has 7 atom stereocenters. The normalized spacial score (nSPS) is 28.4. The molecule has 0 aliphatic carbocycles. The van der Waals surface area contributed by atoms with Crippen molar-refractivity contribution in [3.05, 3.63) is 83.4 Å². The summed E-state index contributed by atoms with van der Waals surface area (Å²) in [6.45, 7) is 6.12. The lowest BCUT2D eigenvalue weighted by Gasteiger charge is -2.32. The second kappa shape index (κ2) is 13.5. The van der Waals surface area contributed by atoms with Crippen molar-refractivity contribution in [1.29, 1.82) is 0 Å². The van der Waals surface area contributed by atoms with Gasteiger partial charge in [0.15, 0.2) is 12.4 Å². The van der Waals surface area contributed by atoms with E-state index in [1.54, 1.807) is 13.8 Å². The van der Waals surface area contributed by atoms with Gasteiger partial charge in [-0.25, -0.2) is 13.9 Å². The monoisotopic (exact) mass is 654 g/mol. The van der Waals surface area contributed by atoms with Gasteiger partial charge in [0, 0.05) is 24.7 Å². The van der Waals surface area contributed by atoms with Crippen LogP contribution >= 0.6 is 8.53 Å². The SMILES string of the molecule is CC(C)C(=O)Nc1ccn([C@@H]2O[C@H](CO)C(O[P@@]3O[C@H](C[Si](C)(c4ccccc4)c4ccccc4)[C@@H]4CCCN43)[C@@H]2F)c(=O)n1. The minimum Gasteiger partial charge on any atom is -0.394 e. The molecule has 3 saturated heterocycles. The Hall–Kier alpha value is -2.83. The number of carbonyl (C=O) groups is 1. The highest BCUT2D eigenvalue weighted by molar-refractivity contribution is 7.45. The first kappa shape index (κ1) is 32.1. The van der Waals surface area contributed by atoms with Crippen LogP contribution in [0, 0.1) is 5.92 Å². The molecule has 2 N–H and O–H groups in total. The van der Waals surface area contributed by atoms with Gasteiger partial charge in [0.25, 0.3) is 8.53 Å². The van der Waals surface area contributed by atoms with Gasteiger partial charge in [-0.2, -0.15) is 4.98 Å². The number of alkyl halides is 1. The topological polar surface area (TPSA) is 115 Å². The van der Waals surface area contributed by atoms with Crippen LogP contribution in [0.25, 0.3) is 0 Å². The third-order valence-corrected chi connectivity index (χ3v) is 15.3. The van der Waals surface area contributed by atoms with Crippen molar-refractivity contribution in [2.24, 2.45) is 5.92 Å². The molecule has 3 aromatic rings. The molecule has 45 heavy (non-hydrogen) atoms. The lowest BCUT2D eigenvalue weighted by Crippen LogP contribution is -2.58. The summed E-state index contributed by atoms with van der Waals surface area (Å²) >= 11 is 0. The number of benzene rings is 2. The fourth-order valence-electron chi connectivity index (χ4n) is 6.52. The number of aliphatic hydroxyl groups is 1. The van der Waals surface area contributed by atoms with Crippen LogP contribution in [0.15, 0.2) is 77.7 Å². The molecule has 10 nitrogen and oxygen atoms in total. The van der Waals surface area contributed by atoms with Gasteiger partial charge >= 0.3 is 5.69 Å². The first-order chi connectivity index (χ1) is 21.7. The van der Waals surface area contributed by atoms with Crippen LogP contribution in [0.1, 0.15) is 32.9 Å². The van der Waals surface area contributed by atoms with Crippen molar-refractivity contribution in [3.8, 4) is 0 Å². The van der Waals surface area contributed by atoms with E-state index in [-0.39, 0.29) is 29.8 Å². The molecule has 4 heterocycles. The van der Waals surface area contributed by atoms with E-state index in [0.29, 0.717) is 0 Å². The molecule has 3 aliphatic heterocycles. The average molecular weight is 655 g/mol. The van der Waals surface area contributed by atoms with Gasteiger partial charge < -0.3 is 24.2 Å². The summed E-state index contributed by atoms with van der Waals surface area (Å²) in [6, 6.07) is 23.6. The summed E-state index contributed by atoms with van der Waals surface area (Å²) in [6.07, 6.45) is -2.07. The van der Waals surface area contributed by atoms with Crippen LogP contribution in [0.2, 0.25) is 12.6 Å². The maximum absolute atomic E-state index is 16.1. The molecule has 1 unspecified atom stereocenters. The molecule has 240 valence electrons. The number of aliphatic hydroxyl groups excluding tert-OH is 1. The van der Waals surface area contributed by atoms with E-state index in [4.69, 9.17) is 13.8 Å². The Labute approximate surface area is 264 Å². The second-order valence-electron chi connectivity index (χ2n) is 12.4. The van der Waals surface area contributed by atoms with Crippen LogP contribution in [-0.4, -0.2) is 77.0 Å². The molecule has 3 aliphatic rings. The Kier molecular flexibility index (Phi) is 9.63. The van der Waals surface area contributed by atoms with Crippen molar-refractivity contribution in [2.75, 3.05) is 18.5 Å². The van der Waals surface area contributed by atoms with Gasteiger partial charge in [0.05, 0.1) is 12.7 Å². The quantitative estimate of drug-likeness (QED) is 0.253. The van der Waals surface area contributed by atoms with Crippen molar-refractivity contribution in [3.63, 3.8) is 0 Å². The summed E-state index contributed by atoms with van der Waals surface area (Å²) in [7, 11) is -3.85. The average Bonchev–Trinajstić information content (AvgIpc) is 3.74. The number of fused-ring (bicyclic) bond motifs is 1. The number of carbonyl (C=O) groups excluding carboxylic acids is 1. The molecule has 0 saturated carbocycles. The van der Waals surface area contributed by atoms with E-state index < -0.39 is 53.5 Å². The highest BCUT2D eigenvalue weighted by Crippen LogP contribution is 2.59. The van der Waals surface area contributed by atoms with Crippen molar-refractivity contribution >= 4 is 38.7 Å². The first-order valence-electron chi connectivity index (χ1n) is 15.5. The highest BCUT2D eigenvalue weighted by Gasteiger charge is 2.54. The number of halogens is 1. The maximum Gasteiger partial charge on any atom is 0.351 e. The van der Waals surface area contributed by atoms with Crippen LogP contribution in [0.5, 0.6) is 0 Å². The van der Waals surface area contributed by atoms with E-state index in [9.17, 15) is 14.7 Å². The van der Waals surface area contributed by atoms with E-state index in [0.717, 1.165) is 30.0 Å². The largest absolute Gasteiger partial charge is 0.394 e. The van der Waals surface area contributed by atoms with Gasteiger partial charge in [0.1, 0.15) is 26.1 Å². The van der Waals surface area contributed by atoms with Gasteiger partial charge in [0.2, 0.25) is 5.91 Å². The molecule has 3 fully saturated rings. The zero-order chi connectivity index (χ0) is 31.7. The maximum atomic E-state index is 16.1. The standard InChI is InChI=1S/C32H40FN4O6PSi/c1-21(2)30(39)34-27-16-18-36(32(40)35-27)31-28(33)29(25(19-38)41-31)43-44-37-17-10-15-24(37)26(42-44)20-45(3,22-11-6-4-7-12-22)23-13-8-5-9-14-23/h4-9,11-14,16,18,21,24-26,28-29,31,38H,10,15,17,19-20H2,1-3H3,(H,34,35,39,40)/t24-,25+,26+,28-,29?,31+,44+/m0/s1. The minimum atomic E-state index is -2.22. The van der Waals surface area contributed by atoms with Crippen LogP contribution < -0.4 is 21.4 Å². The highest BCUT2D eigenvalue weighted by atomic mass is 31.2.